The minimum Gasteiger partial charge on any atom is -0.368 e. The molecule has 0 unspecified atom stereocenters. The van der Waals surface area contributed by atoms with E-state index in [0.29, 0.717) is 23.1 Å². The van der Waals surface area contributed by atoms with Crippen molar-refractivity contribution < 1.29 is 18.0 Å². The van der Waals surface area contributed by atoms with Crippen LogP contribution in [0.2, 0.25) is 0 Å². The van der Waals surface area contributed by atoms with Gasteiger partial charge in [0.2, 0.25) is 0 Å². The Morgan fingerprint density at radius 1 is 1.05 bits per heavy atom. The van der Waals surface area contributed by atoms with Crippen LogP contribution >= 0.6 is 0 Å². The number of likely N-dealkylation sites (N-methyl/N-ethyl adjacent to an activating group) is 1. The van der Waals surface area contributed by atoms with E-state index in [0.717, 1.165) is 56.2 Å². The Kier molecular flexibility index (Phi) is 7.24. The zero-order chi connectivity index (χ0) is 27.6. The maximum absolute atomic E-state index is 13.0. The summed E-state index contributed by atoms with van der Waals surface area (Å²) in [6, 6.07) is 5.16. The van der Waals surface area contributed by atoms with Crippen molar-refractivity contribution in [3.05, 3.63) is 72.2 Å². The molecule has 13 heteroatoms. The molecule has 10 nitrogen and oxygen atoms in total. The molecule has 0 saturated carbocycles. The molecular formula is C26H26F3N9O. The molecule has 1 aliphatic heterocycles. The number of piperazine rings is 1. The number of amides is 1. The normalized spacial score (nSPS) is 14.4. The fourth-order valence-corrected chi connectivity index (χ4v) is 4.32. The van der Waals surface area contributed by atoms with Crippen LogP contribution in [-0.2, 0) is 6.18 Å². The first-order valence-electron chi connectivity index (χ1n) is 12.4. The molecule has 0 bridgehead atoms. The van der Waals surface area contributed by atoms with Crippen molar-refractivity contribution in [3.8, 4) is 16.9 Å². The first-order valence-corrected chi connectivity index (χ1v) is 12.4. The van der Waals surface area contributed by atoms with Crippen LogP contribution in [0.15, 0.2) is 55.2 Å². The second-order valence-corrected chi connectivity index (χ2v) is 9.11. The fraction of sp³-hybridized carbons (Fsp3) is 0.308. The van der Waals surface area contributed by atoms with E-state index < -0.39 is 17.6 Å². The molecule has 5 rings (SSSR count). The van der Waals surface area contributed by atoms with Crippen LogP contribution < -0.4 is 10.2 Å². The molecule has 39 heavy (non-hydrogen) atoms. The van der Waals surface area contributed by atoms with Gasteiger partial charge in [-0.25, -0.2) is 4.68 Å². The van der Waals surface area contributed by atoms with Gasteiger partial charge in [0.05, 0.1) is 46.9 Å². The summed E-state index contributed by atoms with van der Waals surface area (Å²) in [7, 11) is 0. The van der Waals surface area contributed by atoms with Gasteiger partial charge in [0.15, 0.2) is 0 Å². The highest BCUT2D eigenvalue weighted by Gasteiger charge is 2.31. The lowest BCUT2D eigenvalue weighted by Gasteiger charge is -2.35. The number of hydrogen-bond donors (Lipinski definition) is 1. The molecule has 1 saturated heterocycles. The van der Waals surface area contributed by atoms with Crippen molar-refractivity contribution in [2.24, 2.45) is 0 Å². The Labute approximate surface area is 222 Å². The summed E-state index contributed by atoms with van der Waals surface area (Å²) in [5, 5.41) is 11.1. The van der Waals surface area contributed by atoms with E-state index >= 15 is 0 Å². The van der Waals surface area contributed by atoms with Crippen LogP contribution in [0.4, 0.5) is 24.5 Å². The lowest BCUT2D eigenvalue weighted by Crippen LogP contribution is -2.46. The number of halogens is 3. The molecule has 1 aliphatic rings. The van der Waals surface area contributed by atoms with Gasteiger partial charge in [0.25, 0.3) is 5.91 Å². The first-order chi connectivity index (χ1) is 18.7. The van der Waals surface area contributed by atoms with E-state index in [4.69, 9.17) is 0 Å². The number of rotatable bonds is 6. The third-order valence-electron chi connectivity index (χ3n) is 6.58. The lowest BCUT2D eigenvalue weighted by molar-refractivity contribution is -0.137. The summed E-state index contributed by atoms with van der Waals surface area (Å²) < 4.78 is 40.6. The average molecular weight is 538 g/mol. The molecule has 1 fully saturated rings. The Bertz CT molecular complexity index is 1480. The average Bonchev–Trinajstić information content (AvgIpc) is 3.44. The molecule has 5 heterocycles. The number of alkyl halides is 3. The third-order valence-corrected chi connectivity index (χ3v) is 6.58. The Balaban J connectivity index is 1.34. The van der Waals surface area contributed by atoms with Gasteiger partial charge in [0.1, 0.15) is 11.4 Å². The highest BCUT2D eigenvalue weighted by atomic mass is 19.4. The first kappa shape index (κ1) is 26.2. The molecule has 0 aromatic carbocycles. The van der Waals surface area contributed by atoms with Crippen molar-refractivity contribution >= 4 is 17.3 Å². The third kappa shape index (κ3) is 5.87. The van der Waals surface area contributed by atoms with Crippen LogP contribution in [0.1, 0.15) is 28.7 Å². The number of nitrogens with zero attached hydrogens (tertiary/aromatic N) is 8. The van der Waals surface area contributed by atoms with Crippen molar-refractivity contribution in [1.82, 2.24) is 34.8 Å². The second kappa shape index (κ2) is 10.8. The highest BCUT2D eigenvalue weighted by Crippen LogP contribution is 2.29. The molecule has 4 aromatic rings. The minimum atomic E-state index is -4.58. The SMILES string of the molecule is CCN1CCN(c2cncc(-c3cn(-c4cc(NC(=O)c5cc(C(F)(F)F)ccn5)cnc4C)nn3)c2)CC1. The number of hydrogen-bond acceptors (Lipinski definition) is 8. The van der Waals surface area contributed by atoms with Gasteiger partial charge in [-0.15, -0.1) is 5.10 Å². The molecule has 0 spiro atoms. The van der Waals surface area contributed by atoms with Crippen molar-refractivity contribution in [2.75, 3.05) is 42.9 Å². The van der Waals surface area contributed by atoms with Crippen molar-refractivity contribution in [2.45, 2.75) is 20.0 Å². The molecule has 202 valence electrons. The van der Waals surface area contributed by atoms with Gasteiger partial charge < -0.3 is 15.1 Å². The second-order valence-electron chi connectivity index (χ2n) is 9.11. The van der Waals surface area contributed by atoms with Crippen LogP contribution in [0.5, 0.6) is 0 Å². The van der Waals surface area contributed by atoms with Gasteiger partial charge in [-0.1, -0.05) is 12.1 Å². The Morgan fingerprint density at radius 2 is 1.85 bits per heavy atom. The van der Waals surface area contributed by atoms with E-state index in [1.165, 1.54) is 10.9 Å². The standard InChI is InChI=1S/C26H26F3N9O/c1-3-36-6-8-37(9-7-36)21-10-18(13-30-15-21)23-16-38(35-34-23)24-12-20(14-32-17(24)2)33-25(39)22-11-19(4-5-31-22)26(27,28)29/h4-5,10-16H,3,6-9H2,1-2H3,(H,33,39). The van der Waals surface area contributed by atoms with Crippen LogP contribution in [-0.4, -0.2) is 73.5 Å². The van der Waals surface area contributed by atoms with E-state index in [2.05, 4.69) is 47.3 Å². The van der Waals surface area contributed by atoms with Gasteiger partial charge in [-0.2, -0.15) is 13.2 Å². The zero-order valence-electron chi connectivity index (χ0n) is 21.4. The fourth-order valence-electron chi connectivity index (χ4n) is 4.32. The smallest absolute Gasteiger partial charge is 0.368 e. The predicted octanol–water partition coefficient (Wildman–Crippen LogP) is 3.84. The van der Waals surface area contributed by atoms with Crippen LogP contribution in [0.25, 0.3) is 16.9 Å². The topological polar surface area (TPSA) is 105 Å². The minimum absolute atomic E-state index is 0.270. The molecule has 0 radical (unpaired) electrons. The molecule has 1 amide bonds. The summed E-state index contributed by atoms with van der Waals surface area (Å²) in [5.41, 5.74) is 2.54. The number of nitrogens with one attached hydrogen (secondary N) is 1. The number of anilines is 2. The lowest BCUT2D eigenvalue weighted by atomic mass is 10.2. The van der Waals surface area contributed by atoms with E-state index in [1.54, 1.807) is 25.4 Å². The van der Waals surface area contributed by atoms with E-state index in [9.17, 15) is 18.0 Å². The quantitative estimate of drug-likeness (QED) is 0.396. The largest absolute Gasteiger partial charge is 0.416 e. The Hall–Kier alpha value is -4.39. The number of carbonyl (C=O) groups excluding carboxylic acids is 1. The molecule has 4 aromatic heterocycles. The maximum atomic E-state index is 13.0. The van der Waals surface area contributed by atoms with Crippen LogP contribution in [0.3, 0.4) is 0 Å². The summed E-state index contributed by atoms with van der Waals surface area (Å²) in [5.74, 6) is -0.792. The summed E-state index contributed by atoms with van der Waals surface area (Å²) in [4.78, 5) is 29.8. The van der Waals surface area contributed by atoms with Crippen LogP contribution in [0, 0.1) is 6.92 Å². The molecule has 0 aliphatic carbocycles. The number of aromatic nitrogens is 6. The molecule has 0 atom stereocenters. The molecule has 1 N–H and O–H groups in total. The maximum Gasteiger partial charge on any atom is 0.416 e. The number of pyridine rings is 3. The van der Waals surface area contributed by atoms with Crippen molar-refractivity contribution in [1.29, 1.82) is 0 Å². The highest BCUT2D eigenvalue weighted by molar-refractivity contribution is 6.03. The Morgan fingerprint density at radius 3 is 2.59 bits per heavy atom. The van der Waals surface area contributed by atoms with E-state index in [1.807, 2.05) is 12.3 Å². The number of aryl methyl sites for hydroxylation is 1. The van der Waals surface area contributed by atoms with Gasteiger partial charge >= 0.3 is 6.18 Å². The van der Waals surface area contributed by atoms with Gasteiger partial charge in [-0.05, 0) is 37.7 Å². The predicted molar refractivity (Wildman–Crippen MR) is 139 cm³/mol. The summed E-state index contributed by atoms with van der Waals surface area (Å²) in [6.45, 7) is 8.82. The van der Waals surface area contributed by atoms with Crippen molar-refractivity contribution in [3.63, 3.8) is 0 Å². The summed E-state index contributed by atoms with van der Waals surface area (Å²) in [6.07, 6.45) is 3.08. The monoisotopic (exact) mass is 537 g/mol. The number of carbonyl (C=O) groups is 1. The van der Waals surface area contributed by atoms with E-state index in [-0.39, 0.29) is 11.4 Å². The van der Waals surface area contributed by atoms with Gasteiger partial charge in [-0.3, -0.25) is 19.7 Å². The van der Waals surface area contributed by atoms with Gasteiger partial charge in [0, 0.05) is 44.1 Å². The summed E-state index contributed by atoms with van der Waals surface area (Å²) >= 11 is 0. The molecular weight excluding hydrogens is 511 g/mol. The zero-order valence-corrected chi connectivity index (χ0v) is 21.4.